The average Bonchev–Trinajstić information content (AvgIpc) is 3.27. The second-order valence-electron chi connectivity index (χ2n) is 6.36. The van der Waals surface area contributed by atoms with Gasteiger partial charge in [-0.25, -0.2) is 4.99 Å². The van der Waals surface area contributed by atoms with Crippen molar-refractivity contribution in [1.82, 2.24) is 0 Å². The second-order valence-corrected chi connectivity index (χ2v) is 6.36. The normalized spacial score (nSPS) is 15.1. The fourth-order valence-corrected chi connectivity index (χ4v) is 3.30. The number of nitrogens with one attached hydrogen (secondary N) is 1. The molecule has 0 amide bonds. The Balaban J connectivity index is 1.49. The lowest BCUT2D eigenvalue weighted by Gasteiger charge is -2.11. The van der Waals surface area contributed by atoms with Crippen LogP contribution >= 0.6 is 0 Å². The summed E-state index contributed by atoms with van der Waals surface area (Å²) >= 11 is 0. The van der Waals surface area contributed by atoms with Crippen LogP contribution in [0.5, 0.6) is 17.2 Å². The van der Waals surface area contributed by atoms with Gasteiger partial charge in [0.15, 0.2) is 17.5 Å². The molecule has 0 fully saturated rings. The maximum absolute atomic E-state index is 12.7. The van der Waals surface area contributed by atoms with Crippen molar-refractivity contribution >= 4 is 11.6 Å². The van der Waals surface area contributed by atoms with Crippen LogP contribution in [-0.2, 0) is 19.4 Å². The molecule has 2 aliphatic rings. The number of hydrogen-bond acceptors (Lipinski definition) is 4. The van der Waals surface area contributed by atoms with Crippen molar-refractivity contribution in [2.75, 3.05) is 12.1 Å². The lowest BCUT2D eigenvalue weighted by atomic mass is 10.1. The molecule has 2 aromatic carbocycles. The maximum atomic E-state index is 12.7. The Morgan fingerprint density at radius 1 is 1.15 bits per heavy atom. The van der Waals surface area contributed by atoms with Crippen LogP contribution in [-0.4, -0.2) is 19.4 Å². The fourth-order valence-electron chi connectivity index (χ4n) is 3.30. The molecule has 4 rings (SSSR count). The molecule has 142 valence electrons. The number of ether oxygens (including phenoxy) is 3. The highest BCUT2D eigenvalue weighted by Crippen LogP contribution is 2.39. The van der Waals surface area contributed by atoms with Gasteiger partial charge in [-0.1, -0.05) is 6.07 Å². The van der Waals surface area contributed by atoms with Crippen molar-refractivity contribution in [1.29, 1.82) is 0 Å². The number of guanidine groups is 1. The Morgan fingerprint density at radius 2 is 1.93 bits per heavy atom. The van der Waals surface area contributed by atoms with Crippen LogP contribution in [0.1, 0.15) is 23.1 Å². The van der Waals surface area contributed by atoms with Gasteiger partial charge in [0.25, 0.3) is 0 Å². The number of rotatable bonds is 5. The van der Waals surface area contributed by atoms with Crippen molar-refractivity contribution < 1.29 is 23.0 Å². The average molecular weight is 375 g/mol. The van der Waals surface area contributed by atoms with E-state index in [2.05, 4.69) is 27.2 Å². The van der Waals surface area contributed by atoms with E-state index in [1.54, 1.807) is 6.07 Å². The van der Waals surface area contributed by atoms with Gasteiger partial charge in [0.1, 0.15) is 5.75 Å². The first-order valence-electron chi connectivity index (χ1n) is 8.64. The number of fused-ring (bicyclic) bond motifs is 2. The molecule has 3 N–H and O–H groups in total. The van der Waals surface area contributed by atoms with Crippen molar-refractivity contribution in [2.45, 2.75) is 32.4 Å². The first kappa shape index (κ1) is 17.4. The summed E-state index contributed by atoms with van der Waals surface area (Å²) in [4.78, 5) is 4.24. The summed E-state index contributed by atoms with van der Waals surface area (Å²) in [5.74, 6) is 1.01. The van der Waals surface area contributed by atoms with E-state index in [-0.39, 0.29) is 25.0 Å². The van der Waals surface area contributed by atoms with Gasteiger partial charge in [0.05, 0.1) is 6.54 Å². The third kappa shape index (κ3) is 3.89. The van der Waals surface area contributed by atoms with Crippen LogP contribution in [0.25, 0.3) is 0 Å². The van der Waals surface area contributed by atoms with E-state index < -0.39 is 6.61 Å². The van der Waals surface area contributed by atoms with Crippen LogP contribution in [0.4, 0.5) is 14.5 Å². The zero-order valence-corrected chi connectivity index (χ0v) is 14.5. The minimum absolute atomic E-state index is 0.0108. The Hall–Kier alpha value is -3.03. The number of aryl methyl sites for hydroxylation is 2. The summed E-state index contributed by atoms with van der Waals surface area (Å²) in [6, 6.07) is 9.06. The number of nitrogens with two attached hydrogens (primary N) is 1. The van der Waals surface area contributed by atoms with Crippen LogP contribution < -0.4 is 25.3 Å². The molecule has 0 atom stereocenters. The molecular formula is C19H19F2N3O3. The highest BCUT2D eigenvalue weighted by molar-refractivity contribution is 5.92. The van der Waals surface area contributed by atoms with E-state index in [1.165, 1.54) is 23.6 Å². The van der Waals surface area contributed by atoms with Crippen LogP contribution in [0.3, 0.4) is 0 Å². The standard InChI is InChI=1S/C19H19F2N3O3/c20-18(21)27-15-8-17-16(25-10-26-17)7-13(15)9-23-19(22)24-14-5-4-11-2-1-3-12(11)6-14/h4-8,18H,1-3,9-10H2,(H3,22,23,24). The quantitative estimate of drug-likeness (QED) is 0.618. The summed E-state index contributed by atoms with van der Waals surface area (Å²) in [6.07, 6.45) is 3.34. The molecule has 2 aromatic rings. The van der Waals surface area contributed by atoms with Gasteiger partial charge in [-0.2, -0.15) is 8.78 Å². The van der Waals surface area contributed by atoms with Crippen LogP contribution in [0.15, 0.2) is 35.3 Å². The fraction of sp³-hybridized carbons (Fsp3) is 0.316. The molecule has 1 aliphatic heterocycles. The molecule has 0 radical (unpaired) electrons. The number of halogens is 2. The highest BCUT2D eigenvalue weighted by atomic mass is 19.3. The molecular weight excluding hydrogens is 356 g/mol. The first-order chi connectivity index (χ1) is 13.1. The van der Waals surface area contributed by atoms with Crippen molar-refractivity contribution in [2.24, 2.45) is 10.7 Å². The zero-order chi connectivity index (χ0) is 18.8. The summed E-state index contributed by atoms with van der Waals surface area (Å²) in [6.45, 7) is -2.85. The lowest BCUT2D eigenvalue weighted by molar-refractivity contribution is -0.0505. The Kier molecular flexibility index (Phi) is 4.70. The van der Waals surface area contributed by atoms with E-state index in [0.29, 0.717) is 17.1 Å². The molecule has 1 heterocycles. The Morgan fingerprint density at radius 3 is 2.74 bits per heavy atom. The third-order valence-corrected chi connectivity index (χ3v) is 4.56. The largest absolute Gasteiger partial charge is 0.454 e. The van der Waals surface area contributed by atoms with Crippen LogP contribution in [0.2, 0.25) is 0 Å². The molecule has 8 heteroatoms. The van der Waals surface area contributed by atoms with E-state index in [1.807, 2.05) is 6.07 Å². The molecule has 0 saturated heterocycles. The second kappa shape index (κ2) is 7.30. The number of hydrogen-bond donors (Lipinski definition) is 2. The first-order valence-corrected chi connectivity index (χ1v) is 8.64. The van der Waals surface area contributed by atoms with Crippen molar-refractivity contribution in [3.8, 4) is 17.2 Å². The SMILES string of the molecule is NC(=NCc1cc2c(cc1OC(F)F)OCO2)Nc1ccc2c(c1)CCC2. The summed E-state index contributed by atoms with van der Waals surface area (Å²) < 4.78 is 40.4. The number of alkyl halides is 2. The summed E-state index contributed by atoms with van der Waals surface area (Å²) in [5.41, 5.74) is 9.92. The highest BCUT2D eigenvalue weighted by Gasteiger charge is 2.20. The van der Waals surface area contributed by atoms with Gasteiger partial charge in [-0.3, -0.25) is 0 Å². The Labute approximate surface area is 154 Å². The molecule has 1 aliphatic carbocycles. The zero-order valence-electron chi connectivity index (χ0n) is 14.5. The van der Waals surface area contributed by atoms with E-state index in [9.17, 15) is 8.78 Å². The molecule has 0 saturated carbocycles. The molecule has 0 spiro atoms. The molecule has 6 nitrogen and oxygen atoms in total. The van der Waals surface area contributed by atoms with Gasteiger partial charge in [-0.05, 0) is 48.6 Å². The lowest BCUT2D eigenvalue weighted by Crippen LogP contribution is -2.22. The molecule has 0 unspecified atom stereocenters. The van der Waals surface area contributed by atoms with Gasteiger partial charge in [-0.15, -0.1) is 0 Å². The number of benzene rings is 2. The van der Waals surface area contributed by atoms with Crippen molar-refractivity contribution in [3.63, 3.8) is 0 Å². The molecule has 0 aromatic heterocycles. The van der Waals surface area contributed by atoms with Gasteiger partial charge < -0.3 is 25.3 Å². The van der Waals surface area contributed by atoms with E-state index in [0.717, 1.165) is 18.5 Å². The number of aliphatic imine (C=N–C) groups is 1. The maximum Gasteiger partial charge on any atom is 0.387 e. The van der Waals surface area contributed by atoms with Crippen molar-refractivity contribution in [3.05, 3.63) is 47.0 Å². The topological polar surface area (TPSA) is 78.1 Å². The van der Waals surface area contributed by atoms with Crippen LogP contribution in [0, 0.1) is 0 Å². The Bertz CT molecular complexity index is 887. The van der Waals surface area contributed by atoms with E-state index in [4.69, 9.17) is 15.2 Å². The van der Waals surface area contributed by atoms with E-state index >= 15 is 0 Å². The minimum atomic E-state index is -2.95. The summed E-state index contributed by atoms with van der Waals surface area (Å²) in [5, 5.41) is 3.04. The molecule has 0 bridgehead atoms. The van der Waals surface area contributed by atoms with Gasteiger partial charge in [0.2, 0.25) is 6.79 Å². The smallest absolute Gasteiger partial charge is 0.387 e. The van der Waals surface area contributed by atoms with Gasteiger partial charge in [0, 0.05) is 17.3 Å². The number of anilines is 1. The number of nitrogens with zero attached hydrogens (tertiary/aromatic N) is 1. The summed E-state index contributed by atoms with van der Waals surface area (Å²) in [7, 11) is 0. The minimum Gasteiger partial charge on any atom is -0.454 e. The third-order valence-electron chi connectivity index (χ3n) is 4.56. The predicted octanol–water partition coefficient (Wildman–Crippen LogP) is 3.43. The molecule has 27 heavy (non-hydrogen) atoms. The van der Waals surface area contributed by atoms with Gasteiger partial charge >= 0.3 is 6.61 Å². The monoisotopic (exact) mass is 375 g/mol. The predicted molar refractivity (Wildman–Crippen MR) is 96.6 cm³/mol.